The lowest BCUT2D eigenvalue weighted by Crippen LogP contribution is -2.43. The Balaban J connectivity index is 2.21. The maximum atomic E-state index is 12.2. The van der Waals surface area contributed by atoms with Crippen molar-refractivity contribution in [3.05, 3.63) is 23.2 Å². The van der Waals surface area contributed by atoms with Crippen LogP contribution in [0.2, 0.25) is 5.02 Å². The molecule has 0 unspecified atom stereocenters. The van der Waals surface area contributed by atoms with Crippen molar-refractivity contribution in [1.29, 1.82) is 5.26 Å². The van der Waals surface area contributed by atoms with Crippen molar-refractivity contribution < 1.29 is 9.53 Å². The summed E-state index contributed by atoms with van der Waals surface area (Å²) in [6.45, 7) is 2.40. The fourth-order valence-corrected chi connectivity index (χ4v) is 2.66. The van der Waals surface area contributed by atoms with Gasteiger partial charge in [-0.15, -0.1) is 11.8 Å². The van der Waals surface area contributed by atoms with Gasteiger partial charge in [0.1, 0.15) is 6.10 Å². The molecule has 0 fully saturated rings. The summed E-state index contributed by atoms with van der Waals surface area (Å²) in [6.07, 6.45) is -0.0997. The van der Waals surface area contributed by atoms with Crippen LogP contribution in [-0.4, -0.2) is 30.1 Å². The predicted molar refractivity (Wildman–Crippen MR) is 76.8 cm³/mol. The van der Waals surface area contributed by atoms with E-state index in [4.69, 9.17) is 21.6 Å². The monoisotopic (exact) mass is 296 g/mol. The second-order valence-corrected chi connectivity index (χ2v) is 5.56. The first kappa shape index (κ1) is 14.0. The van der Waals surface area contributed by atoms with Crippen LogP contribution in [0.4, 0.5) is 5.69 Å². The first-order chi connectivity index (χ1) is 9.13. The number of rotatable bonds is 3. The van der Waals surface area contributed by atoms with Gasteiger partial charge in [0, 0.05) is 0 Å². The molecule has 0 saturated heterocycles. The van der Waals surface area contributed by atoms with Crippen LogP contribution in [0, 0.1) is 11.3 Å². The highest BCUT2D eigenvalue weighted by molar-refractivity contribution is 8.00. The molecular formula is C13H13ClN2O2S. The molecule has 1 aliphatic rings. The molecule has 1 aromatic carbocycles. The minimum atomic E-state index is -0.0997. The number of thioether (sulfide) groups is 1. The summed E-state index contributed by atoms with van der Waals surface area (Å²) < 4.78 is 5.68. The normalized spacial score (nSPS) is 17.3. The van der Waals surface area contributed by atoms with Crippen LogP contribution < -0.4 is 9.64 Å². The summed E-state index contributed by atoms with van der Waals surface area (Å²) in [7, 11) is 0. The summed E-state index contributed by atoms with van der Waals surface area (Å²) in [5.74, 6) is 1.13. The minimum absolute atomic E-state index is 0.0288. The molecule has 1 atom stereocenters. The van der Waals surface area contributed by atoms with E-state index in [2.05, 4.69) is 0 Å². The van der Waals surface area contributed by atoms with Crippen LogP contribution in [0.25, 0.3) is 0 Å². The summed E-state index contributed by atoms with van der Waals surface area (Å²) in [4.78, 5) is 13.9. The lowest BCUT2D eigenvalue weighted by molar-refractivity contribution is -0.116. The molecule has 19 heavy (non-hydrogen) atoms. The Morgan fingerprint density at radius 3 is 3.21 bits per heavy atom. The summed E-state index contributed by atoms with van der Waals surface area (Å²) in [5.41, 5.74) is 0.702. The molecule has 2 rings (SSSR count). The van der Waals surface area contributed by atoms with Crippen molar-refractivity contribution >= 4 is 35.0 Å². The van der Waals surface area contributed by atoms with Gasteiger partial charge in [-0.25, -0.2) is 0 Å². The number of halogens is 1. The highest BCUT2D eigenvalue weighted by atomic mass is 35.5. The molecule has 1 heterocycles. The van der Waals surface area contributed by atoms with E-state index in [0.717, 1.165) is 0 Å². The SMILES string of the molecule is C[C@@H]1CN(C(=O)CSCC#N)c2cccc(Cl)c2O1. The van der Waals surface area contributed by atoms with Crippen molar-refractivity contribution in [2.24, 2.45) is 0 Å². The molecule has 1 amide bonds. The molecule has 1 aromatic rings. The van der Waals surface area contributed by atoms with Crippen molar-refractivity contribution in [2.45, 2.75) is 13.0 Å². The molecule has 0 radical (unpaired) electrons. The maximum Gasteiger partial charge on any atom is 0.237 e. The fraction of sp³-hybridized carbons (Fsp3) is 0.385. The Labute approximate surface area is 121 Å². The number of amides is 1. The number of ether oxygens (including phenoxy) is 1. The molecule has 0 aromatic heterocycles. The quantitative estimate of drug-likeness (QED) is 0.805. The van der Waals surface area contributed by atoms with Crippen LogP contribution in [-0.2, 0) is 4.79 Å². The first-order valence-corrected chi connectivity index (χ1v) is 7.37. The second kappa shape index (κ2) is 6.18. The predicted octanol–water partition coefficient (Wildman–Crippen LogP) is 2.71. The minimum Gasteiger partial charge on any atom is -0.485 e. The van der Waals surface area contributed by atoms with Gasteiger partial charge in [0.15, 0.2) is 5.75 Å². The molecule has 100 valence electrons. The standard InChI is InChI=1S/C13H13ClN2O2S/c1-9-7-16(12(17)8-19-6-5-15)11-4-2-3-10(14)13(11)18-9/h2-4,9H,6-8H2,1H3/t9-/m1/s1. The number of hydrogen-bond acceptors (Lipinski definition) is 4. The van der Waals surface area contributed by atoms with Gasteiger partial charge in [-0.3, -0.25) is 4.79 Å². The lowest BCUT2D eigenvalue weighted by atomic mass is 10.2. The van der Waals surface area contributed by atoms with Crippen molar-refractivity contribution in [3.8, 4) is 11.8 Å². The summed E-state index contributed by atoms with van der Waals surface area (Å²) in [5, 5.41) is 9.00. The maximum absolute atomic E-state index is 12.2. The van der Waals surface area contributed by atoms with Crippen LogP contribution in [0.5, 0.6) is 5.75 Å². The highest BCUT2D eigenvalue weighted by Crippen LogP contribution is 2.39. The number of para-hydroxylation sites is 1. The van der Waals surface area contributed by atoms with Crippen LogP contribution in [0.1, 0.15) is 6.92 Å². The van der Waals surface area contributed by atoms with Gasteiger partial charge in [-0.05, 0) is 19.1 Å². The Kier molecular flexibility index (Phi) is 4.56. The number of carbonyl (C=O) groups is 1. The van der Waals surface area contributed by atoms with E-state index in [9.17, 15) is 4.79 Å². The molecular weight excluding hydrogens is 284 g/mol. The average molecular weight is 297 g/mol. The van der Waals surface area contributed by atoms with Gasteiger partial charge >= 0.3 is 0 Å². The highest BCUT2D eigenvalue weighted by Gasteiger charge is 2.28. The van der Waals surface area contributed by atoms with E-state index in [1.165, 1.54) is 11.8 Å². The van der Waals surface area contributed by atoms with Gasteiger partial charge in [-0.2, -0.15) is 5.26 Å². The van der Waals surface area contributed by atoms with E-state index in [1.54, 1.807) is 17.0 Å². The van der Waals surface area contributed by atoms with Gasteiger partial charge in [0.05, 0.1) is 34.8 Å². The molecule has 1 aliphatic heterocycles. The second-order valence-electron chi connectivity index (χ2n) is 4.17. The number of fused-ring (bicyclic) bond motifs is 1. The Morgan fingerprint density at radius 1 is 1.68 bits per heavy atom. The van der Waals surface area contributed by atoms with Crippen LogP contribution in [0.15, 0.2) is 18.2 Å². The van der Waals surface area contributed by atoms with Crippen LogP contribution in [0.3, 0.4) is 0 Å². The first-order valence-electron chi connectivity index (χ1n) is 5.83. The summed E-state index contributed by atoms with van der Waals surface area (Å²) in [6, 6.07) is 7.37. The third-order valence-corrected chi connectivity index (χ3v) is 3.77. The third kappa shape index (κ3) is 3.14. The molecule has 0 saturated carbocycles. The zero-order chi connectivity index (χ0) is 13.8. The van der Waals surface area contributed by atoms with Gasteiger partial charge in [0.2, 0.25) is 5.91 Å². The Morgan fingerprint density at radius 2 is 2.47 bits per heavy atom. The van der Waals surface area contributed by atoms with E-state index < -0.39 is 0 Å². The third-order valence-electron chi connectivity index (χ3n) is 2.69. The van der Waals surface area contributed by atoms with Crippen LogP contribution >= 0.6 is 23.4 Å². The number of nitrogens with zero attached hydrogens (tertiary/aromatic N) is 2. The van der Waals surface area contributed by atoms with Crippen molar-refractivity contribution in [3.63, 3.8) is 0 Å². The topological polar surface area (TPSA) is 53.3 Å². The Hall–Kier alpha value is -1.38. The van der Waals surface area contributed by atoms with Gasteiger partial charge in [-0.1, -0.05) is 17.7 Å². The zero-order valence-corrected chi connectivity index (χ0v) is 12.0. The van der Waals surface area contributed by atoms with E-state index in [-0.39, 0.29) is 17.8 Å². The zero-order valence-electron chi connectivity index (χ0n) is 10.4. The molecule has 4 nitrogen and oxygen atoms in total. The van der Waals surface area contributed by atoms with E-state index in [1.807, 2.05) is 19.1 Å². The summed E-state index contributed by atoms with van der Waals surface area (Å²) >= 11 is 7.40. The molecule has 6 heteroatoms. The molecule has 0 bridgehead atoms. The molecule has 0 aliphatic carbocycles. The number of benzene rings is 1. The van der Waals surface area contributed by atoms with Crippen molar-refractivity contribution in [2.75, 3.05) is 23.0 Å². The lowest BCUT2D eigenvalue weighted by Gasteiger charge is -2.33. The number of nitriles is 1. The van der Waals surface area contributed by atoms with Crippen molar-refractivity contribution in [1.82, 2.24) is 0 Å². The fourth-order valence-electron chi connectivity index (χ4n) is 1.92. The van der Waals surface area contributed by atoms with Gasteiger partial charge in [0.25, 0.3) is 0 Å². The smallest absolute Gasteiger partial charge is 0.237 e. The average Bonchev–Trinajstić information content (AvgIpc) is 2.39. The largest absolute Gasteiger partial charge is 0.485 e. The number of anilines is 1. The number of hydrogen-bond donors (Lipinski definition) is 0. The van der Waals surface area contributed by atoms with E-state index in [0.29, 0.717) is 28.8 Å². The molecule has 0 spiro atoms. The van der Waals surface area contributed by atoms with Gasteiger partial charge < -0.3 is 9.64 Å². The van der Waals surface area contributed by atoms with E-state index >= 15 is 0 Å². The molecule has 0 N–H and O–H groups in total. The Bertz CT molecular complexity index is 530. The number of carbonyl (C=O) groups excluding carboxylic acids is 1.